The SMILES string of the molecule is CC1=CC(=O)C2=C(C)CCC3=C(C)C(=O)O[C@H]3[C@H]12. The van der Waals surface area contributed by atoms with Crippen molar-refractivity contribution in [2.24, 2.45) is 5.92 Å². The molecule has 94 valence electrons. The highest BCUT2D eigenvalue weighted by Gasteiger charge is 2.45. The first-order valence-electron chi connectivity index (χ1n) is 6.33. The van der Waals surface area contributed by atoms with Crippen LogP contribution in [-0.2, 0) is 14.3 Å². The van der Waals surface area contributed by atoms with E-state index in [1.807, 2.05) is 20.8 Å². The molecule has 0 fully saturated rings. The molecule has 18 heavy (non-hydrogen) atoms. The largest absolute Gasteiger partial charge is 0.453 e. The van der Waals surface area contributed by atoms with Crippen LogP contribution >= 0.6 is 0 Å². The number of carbonyl (C=O) groups is 2. The Labute approximate surface area is 106 Å². The first-order valence-corrected chi connectivity index (χ1v) is 6.33. The van der Waals surface area contributed by atoms with Crippen molar-refractivity contribution in [2.75, 3.05) is 0 Å². The minimum Gasteiger partial charge on any atom is -0.453 e. The van der Waals surface area contributed by atoms with E-state index in [1.165, 1.54) is 0 Å². The fraction of sp³-hybridized carbons (Fsp3) is 0.467. The van der Waals surface area contributed by atoms with Gasteiger partial charge in [0, 0.05) is 17.1 Å². The molecule has 0 unspecified atom stereocenters. The van der Waals surface area contributed by atoms with E-state index in [1.54, 1.807) is 6.08 Å². The van der Waals surface area contributed by atoms with Crippen molar-refractivity contribution < 1.29 is 14.3 Å². The zero-order chi connectivity index (χ0) is 13.0. The van der Waals surface area contributed by atoms with E-state index in [9.17, 15) is 9.59 Å². The Morgan fingerprint density at radius 1 is 1.17 bits per heavy atom. The van der Waals surface area contributed by atoms with Gasteiger partial charge in [0.05, 0.1) is 0 Å². The highest BCUT2D eigenvalue weighted by atomic mass is 16.5. The maximum absolute atomic E-state index is 12.0. The lowest BCUT2D eigenvalue weighted by molar-refractivity contribution is -0.140. The molecule has 3 heteroatoms. The van der Waals surface area contributed by atoms with Gasteiger partial charge in [-0.05, 0) is 45.3 Å². The van der Waals surface area contributed by atoms with Crippen LogP contribution in [0.15, 0.2) is 33.9 Å². The third kappa shape index (κ3) is 1.36. The molecule has 0 spiro atoms. The molecule has 2 aliphatic carbocycles. The van der Waals surface area contributed by atoms with Crippen LogP contribution in [0.5, 0.6) is 0 Å². The van der Waals surface area contributed by atoms with Crippen molar-refractivity contribution in [3.05, 3.63) is 33.9 Å². The molecule has 0 saturated heterocycles. The smallest absolute Gasteiger partial charge is 0.334 e. The fourth-order valence-corrected chi connectivity index (χ4v) is 3.30. The van der Waals surface area contributed by atoms with E-state index in [0.717, 1.165) is 40.7 Å². The maximum atomic E-state index is 12.0. The Morgan fingerprint density at radius 2 is 1.89 bits per heavy atom. The van der Waals surface area contributed by atoms with Gasteiger partial charge in [-0.1, -0.05) is 11.1 Å². The third-order valence-electron chi connectivity index (χ3n) is 4.32. The lowest BCUT2D eigenvalue weighted by atomic mass is 9.87. The summed E-state index contributed by atoms with van der Waals surface area (Å²) in [4.78, 5) is 23.8. The number of fused-ring (bicyclic) bond motifs is 3. The Morgan fingerprint density at radius 3 is 2.61 bits per heavy atom. The summed E-state index contributed by atoms with van der Waals surface area (Å²) in [6.45, 7) is 5.80. The Balaban J connectivity index is 2.14. The molecule has 1 aliphatic heterocycles. The van der Waals surface area contributed by atoms with Crippen LogP contribution in [0.25, 0.3) is 0 Å². The van der Waals surface area contributed by atoms with E-state index in [4.69, 9.17) is 4.74 Å². The van der Waals surface area contributed by atoms with Crippen molar-refractivity contribution in [2.45, 2.75) is 39.7 Å². The van der Waals surface area contributed by atoms with Gasteiger partial charge < -0.3 is 4.74 Å². The molecule has 0 aromatic heterocycles. The third-order valence-corrected chi connectivity index (χ3v) is 4.32. The summed E-state index contributed by atoms with van der Waals surface area (Å²) in [6.07, 6.45) is 3.12. The predicted octanol–water partition coefficient (Wildman–Crippen LogP) is 2.48. The van der Waals surface area contributed by atoms with Gasteiger partial charge in [0.15, 0.2) is 5.78 Å². The molecule has 0 radical (unpaired) electrons. The lowest BCUT2D eigenvalue weighted by Crippen LogP contribution is -2.24. The molecule has 2 atom stereocenters. The van der Waals surface area contributed by atoms with Crippen LogP contribution in [-0.4, -0.2) is 17.9 Å². The standard InChI is InChI=1S/C15H16O3/c1-7-4-5-10-9(3)15(17)18-14(10)13-8(2)6-11(16)12(7)13/h6,13-14H,4-5H2,1-3H3/t13-,14-/m1/s1. The van der Waals surface area contributed by atoms with Crippen LogP contribution in [0.3, 0.4) is 0 Å². The van der Waals surface area contributed by atoms with Gasteiger partial charge in [-0.3, -0.25) is 4.79 Å². The summed E-state index contributed by atoms with van der Waals surface area (Å²) >= 11 is 0. The summed E-state index contributed by atoms with van der Waals surface area (Å²) in [5.74, 6) is -0.172. The second-order valence-corrected chi connectivity index (χ2v) is 5.40. The fourth-order valence-electron chi connectivity index (χ4n) is 3.30. The van der Waals surface area contributed by atoms with Crippen LogP contribution in [0.2, 0.25) is 0 Å². The summed E-state index contributed by atoms with van der Waals surface area (Å²) in [6, 6.07) is 0. The monoisotopic (exact) mass is 244 g/mol. The first kappa shape index (κ1) is 11.5. The van der Waals surface area contributed by atoms with Gasteiger partial charge in [-0.15, -0.1) is 0 Å². The molecule has 0 aromatic rings. The molecular formula is C15H16O3. The van der Waals surface area contributed by atoms with Crippen molar-refractivity contribution in [1.29, 1.82) is 0 Å². The number of ketones is 1. The Kier molecular flexibility index (Phi) is 2.34. The topological polar surface area (TPSA) is 43.4 Å². The van der Waals surface area contributed by atoms with E-state index < -0.39 is 0 Å². The number of hydrogen-bond acceptors (Lipinski definition) is 3. The highest BCUT2D eigenvalue weighted by molar-refractivity contribution is 6.09. The molecule has 0 amide bonds. The van der Waals surface area contributed by atoms with E-state index in [-0.39, 0.29) is 23.8 Å². The average Bonchev–Trinajstić information content (AvgIpc) is 2.68. The van der Waals surface area contributed by atoms with Gasteiger partial charge >= 0.3 is 5.97 Å². The zero-order valence-electron chi connectivity index (χ0n) is 10.9. The minimum atomic E-state index is -0.243. The lowest BCUT2D eigenvalue weighted by Gasteiger charge is -2.21. The average molecular weight is 244 g/mol. The summed E-state index contributed by atoms with van der Waals surface area (Å²) in [5, 5.41) is 0. The molecule has 0 N–H and O–H groups in total. The van der Waals surface area contributed by atoms with Crippen molar-refractivity contribution in [1.82, 2.24) is 0 Å². The van der Waals surface area contributed by atoms with Gasteiger partial charge in [0.25, 0.3) is 0 Å². The van der Waals surface area contributed by atoms with Crippen molar-refractivity contribution in [3.63, 3.8) is 0 Å². The van der Waals surface area contributed by atoms with Crippen LogP contribution < -0.4 is 0 Å². The predicted molar refractivity (Wildman–Crippen MR) is 66.8 cm³/mol. The highest BCUT2D eigenvalue weighted by Crippen LogP contribution is 2.45. The molecule has 3 rings (SSSR count). The Bertz CT molecular complexity index is 560. The van der Waals surface area contributed by atoms with Crippen molar-refractivity contribution >= 4 is 11.8 Å². The normalized spacial score (nSPS) is 31.2. The number of ether oxygens (including phenoxy) is 1. The van der Waals surface area contributed by atoms with Gasteiger partial charge in [-0.25, -0.2) is 4.79 Å². The molecule has 1 heterocycles. The van der Waals surface area contributed by atoms with Gasteiger partial charge in [0.1, 0.15) is 6.10 Å². The second-order valence-electron chi connectivity index (χ2n) is 5.40. The quantitative estimate of drug-likeness (QED) is 0.615. The molecular weight excluding hydrogens is 228 g/mol. The molecule has 3 nitrogen and oxygen atoms in total. The van der Waals surface area contributed by atoms with Crippen LogP contribution in [0.1, 0.15) is 33.6 Å². The number of rotatable bonds is 0. The number of allylic oxidation sites excluding steroid dienone is 2. The van der Waals surface area contributed by atoms with Crippen LogP contribution in [0, 0.1) is 5.92 Å². The molecule has 0 saturated carbocycles. The zero-order valence-corrected chi connectivity index (χ0v) is 10.9. The Hall–Kier alpha value is -1.64. The summed E-state index contributed by atoms with van der Waals surface area (Å²) in [7, 11) is 0. The number of carbonyl (C=O) groups excluding carboxylic acids is 2. The molecule has 0 aromatic carbocycles. The van der Waals surface area contributed by atoms with E-state index in [0.29, 0.717) is 0 Å². The number of esters is 1. The first-order chi connectivity index (χ1) is 8.50. The van der Waals surface area contributed by atoms with E-state index >= 15 is 0 Å². The van der Waals surface area contributed by atoms with Gasteiger partial charge in [0.2, 0.25) is 0 Å². The van der Waals surface area contributed by atoms with E-state index in [2.05, 4.69) is 0 Å². The number of hydrogen-bond donors (Lipinski definition) is 0. The van der Waals surface area contributed by atoms with Crippen molar-refractivity contribution in [3.8, 4) is 0 Å². The minimum absolute atomic E-state index is 0.0450. The maximum Gasteiger partial charge on any atom is 0.334 e. The molecule has 0 bridgehead atoms. The molecule has 3 aliphatic rings. The summed E-state index contributed by atoms with van der Waals surface area (Å²) in [5.41, 5.74) is 4.84. The second kappa shape index (κ2) is 3.67. The van der Waals surface area contributed by atoms with Gasteiger partial charge in [-0.2, -0.15) is 0 Å². The summed E-state index contributed by atoms with van der Waals surface area (Å²) < 4.78 is 5.50. The van der Waals surface area contributed by atoms with Crippen LogP contribution in [0.4, 0.5) is 0 Å².